The van der Waals surface area contributed by atoms with Crippen LogP contribution in [0.1, 0.15) is 0 Å². The minimum Gasteiger partial charge on any atom is -0.497 e. The number of aromatic nitrogens is 2. The standard InChI is InChI=1S/C11H8FN2OS/c1-15-8-3-2-4-9(5-8)16-11-10(12)6-13-7-14-11/h2-6H,1H3. The van der Waals surface area contributed by atoms with Crippen molar-refractivity contribution >= 4 is 11.8 Å². The molecule has 81 valence electrons. The second-order valence-corrected chi connectivity index (χ2v) is 3.97. The highest BCUT2D eigenvalue weighted by Crippen LogP contribution is 2.29. The van der Waals surface area contributed by atoms with Gasteiger partial charge in [-0.15, -0.1) is 0 Å². The van der Waals surface area contributed by atoms with Crippen molar-refractivity contribution < 1.29 is 9.13 Å². The molecule has 0 saturated carbocycles. The third-order valence-electron chi connectivity index (χ3n) is 1.85. The molecule has 0 atom stereocenters. The SMILES string of the molecule is COc1cccc(Sc2n[c]ncc2F)c1. The van der Waals surface area contributed by atoms with Crippen molar-refractivity contribution in [3.8, 4) is 5.75 Å². The van der Waals surface area contributed by atoms with Crippen molar-refractivity contribution in [2.24, 2.45) is 0 Å². The Labute approximate surface area is 96.7 Å². The Balaban J connectivity index is 2.24. The molecular weight excluding hydrogens is 227 g/mol. The molecule has 0 bridgehead atoms. The lowest BCUT2D eigenvalue weighted by molar-refractivity contribution is 0.413. The Morgan fingerprint density at radius 3 is 3.06 bits per heavy atom. The van der Waals surface area contributed by atoms with E-state index in [4.69, 9.17) is 4.74 Å². The Bertz CT molecular complexity index is 493. The van der Waals surface area contributed by atoms with E-state index < -0.39 is 5.82 Å². The van der Waals surface area contributed by atoms with Gasteiger partial charge in [0.05, 0.1) is 13.3 Å². The second kappa shape index (κ2) is 4.94. The molecule has 1 aromatic heterocycles. The maximum atomic E-state index is 13.3. The van der Waals surface area contributed by atoms with Crippen LogP contribution < -0.4 is 4.74 Å². The normalized spacial score (nSPS) is 10.1. The van der Waals surface area contributed by atoms with Crippen LogP contribution >= 0.6 is 11.8 Å². The van der Waals surface area contributed by atoms with E-state index in [2.05, 4.69) is 16.3 Å². The maximum absolute atomic E-state index is 13.3. The fraction of sp³-hybridized carbons (Fsp3) is 0.0909. The molecule has 2 aromatic rings. The van der Waals surface area contributed by atoms with Gasteiger partial charge in [-0.25, -0.2) is 14.4 Å². The summed E-state index contributed by atoms with van der Waals surface area (Å²) in [4.78, 5) is 8.06. The first-order chi connectivity index (χ1) is 7.79. The molecule has 3 nitrogen and oxygen atoms in total. The van der Waals surface area contributed by atoms with Gasteiger partial charge in [-0.2, -0.15) is 0 Å². The highest BCUT2D eigenvalue weighted by molar-refractivity contribution is 7.99. The van der Waals surface area contributed by atoms with E-state index >= 15 is 0 Å². The molecule has 0 amide bonds. The fourth-order valence-corrected chi connectivity index (χ4v) is 1.90. The summed E-state index contributed by atoms with van der Waals surface area (Å²) >= 11 is 1.21. The van der Waals surface area contributed by atoms with E-state index in [0.29, 0.717) is 0 Å². The molecule has 0 unspecified atom stereocenters. The van der Waals surface area contributed by atoms with E-state index in [1.54, 1.807) is 7.11 Å². The average Bonchev–Trinajstić information content (AvgIpc) is 2.32. The van der Waals surface area contributed by atoms with Gasteiger partial charge in [-0.05, 0) is 18.2 Å². The molecule has 1 aromatic carbocycles. The first kappa shape index (κ1) is 10.9. The van der Waals surface area contributed by atoms with Gasteiger partial charge in [-0.1, -0.05) is 17.8 Å². The molecule has 5 heteroatoms. The molecule has 0 spiro atoms. The highest BCUT2D eigenvalue weighted by atomic mass is 32.2. The highest BCUT2D eigenvalue weighted by Gasteiger charge is 2.06. The first-order valence-electron chi connectivity index (χ1n) is 4.50. The van der Waals surface area contributed by atoms with Crippen molar-refractivity contribution in [3.05, 3.63) is 42.6 Å². The van der Waals surface area contributed by atoms with Crippen LogP contribution in [0.3, 0.4) is 0 Å². The van der Waals surface area contributed by atoms with Crippen LogP contribution in [-0.4, -0.2) is 17.1 Å². The molecule has 16 heavy (non-hydrogen) atoms. The first-order valence-corrected chi connectivity index (χ1v) is 5.32. The zero-order valence-corrected chi connectivity index (χ0v) is 9.29. The average molecular weight is 235 g/mol. The number of nitrogens with zero attached hydrogens (tertiary/aromatic N) is 2. The van der Waals surface area contributed by atoms with Crippen molar-refractivity contribution in [2.75, 3.05) is 7.11 Å². The summed E-state index contributed by atoms with van der Waals surface area (Å²) in [5.74, 6) is 0.273. The van der Waals surface area contributed by atoms with E-state index in [1.807, 2.05) is 24.3 Å². The molecular formula is C11H8FN2OS. The van der Waals surface area contributed by atoms with Gasteiger partial charge in [0, 0.05) is 4.90 Å². The zero-order chi connectivity index (χ0) is 11.4. The molecule has 0 saturated heterocycles. The van der Waals surface area contributed by atoms with Gasteiger partial charge in [0.25, 0.3) is 0 Å². The molecule has 0 N–H and O–H groups in total. The lowest BCUT2D eigenvalue weighted by Gasteiger charge is -2.03. The van der Waals surface area contributed by atoms with Crippen molar-refractivity contribution in [3.63, 3.8) is 0 Å². The summed E-state index contributed by atoms with van der Waals surface area (Å²) in [7, 11) is 1.59. The molecule has 2 rings (SSSR count). The van der Waals surface area contributed by atoms with Gasteiger partial charge in [0.15, 0.2) is 12.1 Å². The smallest absolute Gasteiger partial charge is 0.199 e. The van der Waals surface area contributed by atoms with Crippen molar-refractivity contribution in [1.29, 1.82) is 0 Å². The number of ether oxygens (including phenoxy) is 1. The minimum atomic E-state index is -0.452. The van der Waals surface area contributed by atoms with Crippen molar-refractivity contribution in [1.82, 2.24) is 9.97 Å². The van der Waals surface area contributed by atoms with Gasteiger partial charge in [0.2, 0.25) is 0 Å². The summed E-state index contributed by atoms with van der Waals surface area (Å²) in [6.07, 6.45) is 3.45. The zero-order valence-electron chi connectivity index (χ0n) is 8.48. The number of hydrogen-bond donors (Lipinski definition) is 0. The van der Waals surface area contributed by atoms with Gasteiger partial charge < -0.3 is 4.74 Å². The quantitative estimate of drug-likeness (QED) is 0.766. The molecule has 0 aliphatic heterocycles. The Hall–Kier alpha value is -1.62. The summed E-state index contributed by atoms with van der Waals surface area (Å²) in [6, 6.07) is 7.33. The predicted octanol–water partition coefficient (Wildman–Crippen LogP) is 2.58. The maximum Gasteiger partial charge on any atom is 0.199 e. The third-order valence-corrected chi connectivity index (χ3v) is 2.82. The van der Waals surface area contributed by atoms with E-state index in [0.717, 1.165) is 16.8 Å². The van der Waals surface area contributed by atoms with Crippen LogP contribution in [0.5, 0.6) is 5.75 Å². The monoisotopic (exact) mass is 235 g/mol. The molecule has 0 aliphatic carbocycles. The summed E-state index contributed by atoms with van der Waals surface area (Å²) in [5.41, 5.74) is 0. The number of halogens is 1. The van der Waals surface area contributed by atoms with Crippen molar-refractivity contribution in [2.45, 2.75) is 9.92 Å². The topological polar surface area (TPSA) is 35.0 Å². The number of benzene rings is 1. The largest absolute Gasteiger partial charge is 0.497 e. The summed E-state index contributed by atoms with van der Waals surface area (Å²) < 4.78 is 18.3. The molecule has 1 heterocycles. The van der Waals surface area contributed by atoms with Crippen LogP contribution in [0.15, 0.2) is 40.4 Å². The van der Waals surface area contributed by atoms with Gasteiger partial charge >= 0.3 is 0 Å². The molecule has 0 fully saturated rings. The van der Waals surface area contributed by atoms with Gasteiger partial charge in [0.1, 0.15) is 10.8 Å². The van der Waals surface area contributed by atoms with Crippen LogP contribution in [0, 0.1) is 12.1 Å². The summed E-state index contributed by atoms with van der Waals surface area (Å²) in [5, 5.41) is 0.253. The molecule has 0 aliphatic rings. The van der Waals surface area contributed by atoms with Crippen LogP contribution in [0.2, 0.25) is 0 Å². The van der Waals surface area contributed by atoms with E-state index in [-0.39, 0.29) is 5.03 Å². The van der Waals surface area contributed by atoms with Crippen LogP contribution in [0.25, 0.3) is 0 Å². The van der Waals surface area contributed by atoms with E-state index in [1.165, 1.54) is 11.8 Å². The lowest BCUT2D eigenvalue weighted by atomic mass is 10.3. The Morgan fingerprint density at radius 1 is 1.44 bits per heavy atom. The van der Waals surface area contributed by atoms with Crippen LogP contribution in [0.4, 0.5) is 4.39 Å². The third kappa shape index (κ3) is 2.49. The van der Waals surface area contributed by atoms with Crippen LogP contribution in [-0.2, 0) is 0 Å². The Morgan fingerprint density at radius 2 is 2.31 bits per heavy atom. The summed E-state index contributed by atoms with van der Waals surface area (Å²) in [6.45, 7) is 0. The number of rotatable bonds is 3. The molecule has 1 radical (unpaired) electrons. The predicted molar refractivity (Wildman–Crippen MR) is 57.9 cm³/mol. The minimum absolute atomic E-state index is 0.253. The number of methoxy groups -OCH3 is 1. The fourth-order valence-electron chi connectivity index (χ4n) is 1.12. The Kier molecular flexibility index (Phi) is 3.36. The van der Waals surface area contributed by atoms with Gasteiger partial charge in [-0.3, -0.25) is 0 Å². The lowest BCUT2D eigenvalue weighted by Crippen LogP contribution is -1.88. The second-order valence-electron chi connectivity index (χ2n) is 2.90. The number of hydrogen-bond acceptors (Lipinski definition) is 4. The van der Waals surface area contributed by atoms with E-state index in [9.17, 15) is 4.39 Å².